The summed E-state index contributed by atoms with van der Waals surface area (Å²) in [6, 6.07) is 9.35. The lowest BCUT2D eigenvalue weighted by molar-refractivity contribution is -0.118. The highest BCUT2D eigenvalue weighted by atomic mass is 32.2. The van der Waals surface area contributed by atoms with Gasteiger partial charge in [0.2, 0.25) is 5.91 Å². The molecule has 3 rings (SSSR count). The van der Waals surface area contributed by atoms with Gasteiger partial charge in [-0.05, 0) is 17.5 Å². The van der Waals surface area contributed by atoms with Gasteiger partial charge in [0.05, 0.1) is 24.8 Å². The van der Waals surface area contributed by atoms with Crippen molar-refractivity contribution >= 4 is 29.0 Å². The van der Waals surface area contributed by atoms with Gasteiger partial charge in [-0.2, -0.15) is 0 Å². The van der Waals surface area contributed by atoms with E-state index in [9.17, 15) is 4.79 Å². The molecular formula is C17H17N3O4S2. The van der Waals surface area contributed by atoms with Crippen LogP contribution in [0.2, 0.25) is 0 Å². The molecule has 0 saturated heterocycles. The Kier molecular flexibility index (Phi) is 6.13. The van der Waals surface area contributed by atoms with E-state index in [-0.39, 0.29) is 11.7 Å². The number of thioether (sulfide) groups is 1. The van der Waals surface area contributed by atoms with Crippen LogP contribution in [0.1, 0.15) is 5.56 Å². The molecule has 1 N–H and O–H groups in total. The minimum atomic E-state index is -0.143. The number of nitrogens with one attached hydrogen (secondary N) is 1. The first-order valence-electron chi connectivity index (χ1n) is 7.68. The fourth-order valence-electron chi connectivity index (χ4n) is 2.23. The molecule has 3 aromatic rings. The summed E-state index contributed by atoms with van der Waals surface area (Å²) in [4.78, 5) is 13.0. The maximum atomic E-state index is 12.1. The van der Waals surface area contributed by atoms with Gasteiger partial charge in [-0.3, -0.25) is 4.79 Å². The van der Waals surface area contributed by atoms with E-state index in [1.54, 1.807) is 20.3 Å². The van der Waals surface area contributed by atoms with Crippen molar-refractivity contribution in [1.29, 1.82) is 0 Å². The van der Waals surface area contributed by atoms with Gasteiger partial charge >= 0.3 is 0 Å². The molecule has 26 heavy (non-hydrogen) atoms. The second-order valence-electron chi connectivity index (χ2n) is 5.07. The molecule has 0 fully saturated rings. The Hall–Kier alpha value is -2.52. The van der Waals surface area contributed by atoms with Crippen LogP contribution in [0.3, 0.4) is 0 Å². The lowest BCUT2D eigenvalue weighted by atomic mass is 10.2. The molecular weight excluding hydrogens is 374 g/mol. The number of amides is 1. The summed E-state index contributed by atoms with van der Waals surface area (Å²) < 4.78 is 16.1. The molecule has 0 atom stereocenters. The minimum Gasteiger partial charge on any atom is -0.493 e. The minimum absolute atomic E-state index is 0.143. The second kappa shape index (κ2) is 8.72. The Morgan fingerprint density at radius 2 is 2.12 bits per heavy atom. The molecule has 2 heterocycles. The summed E-state index contributed by atoms with van der Waals surface area (Å²) in [6.07, 6.45) is 0. The number of ether oxygens (including phenoxy) is 2. The van der Waals surface area contributed by atoms with Gasteiger partial charge in [0.15, 0.2) is 11.5 Å². The third kappa shape index (κ3) is 4.36. The lowest BCUT2D eigenvalue weighted by Gasteiger charge is -2.12. The molecule has 1 amide bonds. The fourth-order valence-corrected chi connectivity index (χ4v) is 3.47. The lowest BCUT2D eigenvalue weighted by Crippen LogP contribution is -2.24. The quantitative estimate of drug-likeness (QED) is 0.590. The van der Waals surface area contributed by atoms with Gasteiger partial charge in [0.1, 0.15) is 0 Å². The van der Waals surface area contributed by atoms with Crippen molar-refractivity contribution in [2.45, 2.75) is 11.8 Å². The van der Waals surface area contributed by atoms with Crippen molar-refractivity contribution in [2.24, 2.45) is 0 Å². The van der Waals surface area contributed by atoms with Gasteiger partial charge in [-0.25, -0.2) is 0 Å². The van der Waals surface area contributed by atoms with Crippen LogP contribution in [0.5, 0.6) is 11.5 Å². The predicted octanol–water partition coefficient (Wildman–Crippen LogP) is 3.22. The Morgan fingerprint density at radius 1 is 1.23 bits per heavy atom. The number of rotatable bonds is 8. The smallest absolute Gasteiger partial charge is 0.277 e. The zero-order chi connectivity index (χ0) is 18.4. The number of benzene rings is 1. The molecule has 0 aliphatic heterocycles. The van der Waals surface area contributed by atoms with Crippen LogP contribution < -0.4 is 14.8 Å². The maximum absolute atomic E-state index is 12.1. The molecule has 0 aliphatic rings. The summed E-state index contributed by atoms with van der Waals surface area (Å²) in [5, 5.41) is 13.1. The Bertz CT molecular complexity index is 865. The Morgan fingerprint density at radius 3 is 2.85 bits per heavy atom. The number of para-hydroxylation sites is 1. The molecule has 7 nitrogen and oxygen atoms in total. The highest BCUT2D eigenvalue weighted by molar-refractivity contribution is 7.99. The molecule has 0 unspecified atom stereocenters. The van der Waals surface area contributed by atoms with Gasteiger partial charge in [-0.1, -0.05) is 30.0 Å². The molecule has 1 aromatic carbocycles. The van der Waals surface area contributed by atoms with Gasteiger partial charge < -0.3 is 19.2 Å². The van der Waals surface area contributed by atoms with Gasteiger partial charge in [-0.15, -0.1) is 21.5 Å². The van der Waals surface area contributed by atoms with E-state index < -0.39 is 0 Å². The molecule has 0 saturated carbocycles. The summed E-state index contributed by atoms with van der Waals surface area (Å²) in [6.45, 7) is 0.337. The number of carbonyl (C=O) groups excluding carboxylic acids is 1. The van der Waals surface area contributed by atoms with E-state index in [0.29, 0.717) is 29.2 Å². The van der Waals surface area contributed by atoms with E-state index in [2.05, 4.69) is 15.5 Å². The van der Waals surface area contributed by atoms with E-state index in [0.717, 1.165) is 10.4 Å². The number of hydrogen-bond donors (Lipinski definition) is 1. The van der Waals surface area contributed by atoms with Gasteiger partial charge in [0.25, 0.3) is 11.1 Å². The van der Waals surface area contributed by atoms with Gasteiger partial charge in [0, 0.05) is 12.1 Å². The van der Waals surface area contributed by atoms with Crippen LogP contribution in [0.15, 0.2) is 45.4 Å². The highest BCUT2D eigenvalue weighted by Crippen LogP contribution is 2.30. The first kappa shape index (κ1) is 18.3. The normalized spacial score (nSPS) is 10.5. The average molecular weight is 391 g/mol. The van der Waals surface area contributed by atoms with E-state index in [1.165, 1.54) is 23.1 Å². The maximum Gasteiger partial charge on any atom is 0.277 e. The molecule has 0 radical (unpaired) electrons. The second-order valence-corrected chi connectivity index (χ2v) is 6.94. The number of hydrogen-bond acceptors (Lipinski definition) is 8. The van der Waals surface area contributed by atoms with Crippen LogP contribution in [-0.2, 0) is 11.3 Å². The van der Waals surface area contributed by atoms with Crippen molar-refractivity contribution in [3.8, 4) is 22.3 Å². The molecule has 0 aliphatic carbocycles. The molecule has 2 aromatic heterocycles. The topological polar surface area (TPSA) is 86.5 Å². The predicted molar refractivity (Wildman–Crippen MR) is 99.7 cm³/mol. The van der Waals surface area contributed by atoms with Crippen LogP contribution in [0.25, 0.3) is 10.8 Å². The Labute approximate surface area is 158 Å². The van der Waals surface area contributed by atoms with E-state index in [1.807, 2.05) is 29.6 Å². The zero-order valence-electron chi connectivity index (χ0n) is 14.2. The first-order chi connectivity index (χ1) is 12.7. The van der Waals surface area contributed by atoms with E-state index in [4.69, 9.17) is 13.9 Å². The van der Waals surface area contributed by atoms with Crippen LogP contribution in [0, 0.1) is 0 Å². The molecule has 0 spiro atoms. The largest absolute Gasteiger partial charge is 0.493 e. The molecule has 9 heteroatoms. The summed E-state index contributed by atoms with van der Waals surface area (Å²) in [5.41, 5.74) is 0.836. The number of carbonyl (C=O) groups is 1. The van der Waals surface area contributed by atoms with Crippen LogP contribution in [0.4, 0.5) is 0 Å². The van der Waals surface area contributed by atoms with E-state index >= 15 is 0 Å². The fraction of sp³-hybridized carbons (Fsp3) is 0.235. The third-order valence-corrected chi connectivity index (χ3v) is 5.10. The summed E-state index contributed by atoms with van der Waals surface area (Å²) in [5.74, 6) is 1.74. The molecule has 0 bridgehead atoms. The number of aromatic nitrogens is 2. The Balaban J connectivity index is 1.52. The monoisotopic (exact) mass is 391 g/mol. The van der Waals surface area contributed by atoms with Crippen molar-refractivity contribution in [2.75, 3.05) is 20.0 Å². The first-order valence-corrected chi connectivity index (χ1v) is 9.54. The highest BCUT2D eigenvalue weighted by Gasteiger charge is 2.13. The standard InChI is InChI=1S/C17H17N3O4S2/c1-22-12-6-3-5-11(15(12)23-2)9-18-14(21)10-26-17-20-19-16(24-17)13-7-4-8-25-13/h3-8H,9-10H2,1-2H3,(H,18,21). The third-order valence-electron chi connectivity index (χ3n) is 3.43. The van der Waals surface area contributed by atoms with Crippen LogP contribution >= 0.6 is 23.1 Å². The summed E-state index contributed by atoms with van der Waals surface area (Å²) >= 11 is 2.71. The summed E-state index contributed by atoms with van der Waals surface area (Å²) in [7, 11) is 3.14. The zero-order valence-corrected chi connectivity index (χ0v) is 15.9. The SMILES string of the molecule is COc1cccc(CNC(=O)CSc2nnc(-c3cccs3)o2)c1OC. The van der Waals surface area contributed by atoms with Crippen molar-refractivity contribution in [3.05, 3.63) is 41.3 Å². The van der Waals surface area contributed by atoms with Crippen molar-refractivity contribution < 1.29 is 18.7 Å². The molecule has 136 valence electrons. The number of nitrogens with zero attached hydrogens (tertiary/aromatic N) is 2. The number of methoxy groups -OCH3 is 2. The average Bonchev–Trinajstić information content (AvgIpc) is 3.35. The van der Waals surface area contributed by atoms with Crippen LogP contribution in [-0.4, -0.2) is 36.1 Å². The van der Waals surface area contributed by atoms with Crippen molar-refractivity contribution in [3.63, 3.8) is 0 Å². The van der Waals surface area contributed by atoms with Crippen molar-refractivity contribution in [1.82, 2.24) is 15.5 Å². The number of thiophene rings is 1.